The molecule has 2 aromatic heterocycles. The molecule has 0 atom stereocenters. The summed E-state index contributed by atoms with van der Waals surface area (Å²) in [5, 5.41) is 7.59. The zero-order chi connectivity index (χ0) is 21.8. The van der Waals surface area contributed by atoms with Crippen LogP contribution in [0.2, 0.25) is 0 Å². The highest BCUT2D eigenvalue weighted by molar-refractivity contribution is 5.97. The molecule has 0 aliphatic rings. The molecule has 0 saturated heterocycles. The van der Waals surface area contributed by atoms with E-state index in [0.29, 0.717) is 35.4 Å². The summed E-state index contributed by atoms with van der Waals surface area (Å²) in [4.78, 5) is 21.6. The molecule has 0 saturated carbocycles. The summed E-state index contributed by atoms with van der Waals surface area (Å²) in [7, 11) is 0. The van der Waals surface area contributed by atoms with E-state index >= 15 is 0 Å². The van der Waals surface area contributed by atoms with Crippen LogP contribution in [-0.4, -0.2) is 25.7 Å². The van der Waals surface area contributed by atoms with Gasteiger partial charge in [-0.25, -0.2) is 4.39 Å². The van der Waals surface area contributed by atoms with Crippen molar-refractivity contribution in [1.82, 2.24) is 19.7 Å². The molecule has 4 aromatic rings. The SMILES string of the molecule is CC(C)c1ccc(CNc2nc(-c3cccnc3)nn2C(=O)c2ccc(F)cc2)cc1. The molecular weight excluding hydrogens is 393 g/mol. The normalized spacial score (nSPS) is 11.0. The zero-order valence-electron chi connectivity index (χ0n) is 17.3. The van der Waals surface area contributed by atoms with Crippen molar-refractivity contribution in [3.8, 4) is 11.4 Å². The molecule has 7 heteroatoms. The molecule has 0 amide bonds. The van der Waals surface area contributed by atoms with Crippen molar-refractivity contribution in [3.63, 3.8) is 0 Å². The van der Waals surface area contributed by atoms with Crippen molar-refractivity contribution in [3.05, 3.63) is 95.6 Å². The highest BCUT2D eigenvalue weighted by Crippen LogP contribution is 2.20. The van der Waals surface area contributed by atoms with Gasteiger partial charge in [0.25, 0.3) is 5.91 Å². The van der Waals surface area contributed by atoms with Crippen molar-refractivity contribution >= 4 is 11.9 Å². The van der Waals surface area contributed by atoms with E-state index in [9.17, 15) is 9.18 Å². The van der Waals surface area contributed by atoms with Crippen LogP contribution in [0.25, 0.3) is 11.4 Å². The predicted octanol–water partition coefficient (Wildman–Crippen LogP) is 4.90. The van der Waals surface area contributed by atoms with E-state index in [1.807, 2.05) is 18.2 Å². The lowest BCUT2D eigenvalue weighted by Gasteiger charge is -2.09. The van der Waals surface area contributed by atoms with E-state index in [1.54, 1.807) is 18.5 Å². The molecule has 0 radical (unpaired) electrons. The summed E-state index contributed by atoms with van der Waals surface area (Å²) < 4.78 is 14.5. The van der Waals surface area contributed by atoms with Crippen molar-refractivity contribution < 1.29 is 9.18 Å². The van der Waals surface area contributed by atoms with Crippen LogP contribution in [-0.2, 0) is 6.54 Å². The maximum atomic E-state index is 13.3. The summed E-state index contributed by atoms with van der Waals surface area (Å²) in [6.07, 6.45) is 3.29. The first-order chi connectivity index (χ1) is 15.0. The molecular formula is C24H22FN5O. The number of carbonyl (C=O) groups excluding carboxylic acids is 1. The molecule has 6 nitrogen and oxygen atoms in total. The number of hydrogen-bond acceptors (Lipinski definition) is 5. The van der Waals surface area contributed by atoms with E-state index in [2.05, 4.69) is 46.4 Å². The van der Waals surface area contributed by atoms with Gasteiger partial charge in [-0.15, -0.1) is 5.10 Å². The molecule has 2 heterocycles. The maximum Gasteiger partial charge on any atom is 0.281 e. The van der Waals surface area contributed by atoms with Gasteiger partial charge in [-0.05, 0) is 53.4 Å². The number of nitrogens with one attached hydrogen (secondary N) is 1. The number of aromatic nitrogens is 4. The number of rotatable bonds is 6. The Balaban J connectivity index is 1.63. The second kappa shape index (κ2) is 8.87. The van der Waals surface area contributed by atoms with Gasteiger partial charge < -0.3 is 5.32 Å². The van der Waals surface area contributed by atoms with Gasteiger partial charge in [-0.3, -0.25) is 9.78 Å². The summed E-state index contributed by atoms with van der Waals surface area (Å²) in [5.74, 6) is 0.331. The average molecular weight is 415 g/mol. The lowest BCUT2D eigenvalue weighted by molar-refractivity contribution is 0.0947. The lowest BCUT2D eigenvalue weighted by Crippen LogP contribution is -2.17. The highest BCUT2D eigenvalue weighted by atomic mass is 19.1. The van der Waals surface area contributed by atoms with Crippen LogP contribution >= 0.6 is 0 Å². The Hall–Kier alpha value is -3.87. The van der Waals surface area contributed by atoms with E-state index in [-0.39, 0.29) is 0 Å². The Labute approximate surface area is 179 Å². The molecule has 0 aliphatic carbocycles. The number of nitrogens with zero attached hydrogens (tertiary/aromatic N) is 4. The molecule has 0 fully saturated rings. The van der Waals surface area contributed by atoms with Crippen LogP contribution in [0.4, 0.5) is 10.3 Å². The van der Waals surface area contributed by atoms with Gasteiger partial charge in [0, 0.05) is 30.1 Å². The third-order valence-electron chi connectivity index (χ3n) is 4.91. The quantitative estimate of drug-likeness (QED) is 0.485. The van der Waals surface area contributed by atoms with Crippen LogP contribution in [0.15, 0.2) is 73.1 Å². The average Bonchev–Trinajstić information content (AvgIpc) is 3.23. The molecule has 2 aromatic carbocycles. The molecule has 0 aliphatic heterocycles. The number of benzene rings is 2. The van der Waals surface area contributed by atoms with Crippen LogP contribution in [0.1, 0.15) is 41.3 Å². The minimum absolute atomic E-state index is 0.307. The third kappa shape index (κ3) is 4.66. The second-order valence-corrected chi connectivity index (χ2v) is 7.47. The molecule has 0 bridgehead atoms. The van der Waals surface area contributed by atoms with Crippen molar-refractivity contribution in [2.45, 2.75) is 26.3 Å². The van der Waals surface area contributed by atoms with Crippen LogP contribution in [0.3, 0.4) is 0 Å². The van der Waals surface area contributed by atoms with Crippen molar-refractivity contribution in [2.75, 3.05) is 5.32 Å². The Morgan fingerprint density at radius 3 is 2.45 bits per heavy atom. The Morgan fingerprint density at radius 1 is 1.06 bits per heavy atom. The first-order valence-corrected chi connectivity index (χ1v) is 10.0. The second-order valence-electron chi connectivity index (χ2n) is 7.47. The molecule has 156 valence electrons. The fourth-order valence-electron chi connectivity index (χ4n) is 3.10. The van der Waals surface area contributed by atoms with Gasteiger partial charge in [0.05, 0.1) is 0 Å². The lowest BCUT2D eigenvalue weighted by atomic mass is 10.0. The van der Waals surface area contributed by atoms with E-state index in [4.69, 9.17) is 0 Å². The zero-order valence-corrected chi connectivity index (χ0v) is 17.3. The Morgan fingerprint density at radius 2 is 1.81 bits per heavy atom. The van der Waals surface area contributed by atoms with Gasteiger partial charge in [0.1, 0.15) is 5.82 Å². The van der Waals surface area contributed by atoms with E-state index < -0.39 is 11.7 Å². The monoisotopic (exact) mass is 415 g/mol. The molecule has 0 spiro atoms. The summed E-state index contributed by atoms with van der Waals surface area (Å²) in [5.41, 5.74) is 3.32. The van der Waals surface area contributed by atoms with Gasteiger partial charge in [0.2, 0.25) is 5.95 Å². The topological polar surface area (TPSA) is 72.7 Å². The van der Waals surface area contributed by atoms with E-state index in [0.717, 1.165) is 5.56 Å². The van der Waals surface area contributed by atoms with Gasteiger partial charge >= 0.3 is 0 Å². The van der Waals surface area contributed by atoms with Crippen molar-refractivity contribution in [1.29, 1.82) is 0 Å². The number of hydrogen-bond donors (Lipinski definition) is 1. The van der Waals surface area contributed by atoms with Gasteiger partial charge in [-0.1, -0.05) is 38.1 Å². The van der Waals surface area contributed by atoms with Gasteiger partial charge in [-0.2, -0.15) is 9.67 Å². The number of pyridine rings is 1. The smallest absolute Gasteiger partial charge is 0.281 e. The molecule has 1 N–H and O–H groups in total. The number of halogens is 1. The first-order valence-electron chi connectivity index (χ1n) is 10.0. The molecule has 31 heavy (non-hydrogen) atoms. The minimum Gasteiger partial charge on any atom is -0.350 e. The first kappa shape index (κ1) is 20.4. The van der Waals surface area contributed by atoms with E-state index in [1.165, 1.54) is 34.5 Å². The van der Waals surface area contributed by atoms with Crippen molar-refractivity contribution in [2.24, 2.45) is 0 Å². The number of carbonyl (C=O) groups is 1. The summed E-state index contributed by atoms with van der Waals surface area (Å²) in [6.45, 7) is 4.77. The third-order valence-corrected chi connectivity index (χ3v) is 4.91. The van der Waals surface area contributed by atoms with Crippen LogP contribution in [0, 0.1) is 5.82 Å². The number of anilines is 1. The largest absolute Gasteiger partial charge is 0.350 e. The Kier molecular flexibility index (Phi) is 5.84. The minimum atomic E-state index is -0.408. The van der Waals surface area contributed by atoms with Gasteiger partial charge in [0.15, 0.2) is 5.82 Å². The fourth-order valence-corrected chi connectivity index (χ4v) is 3.10. The highest BCUT2D eigenvalue weighted by Gasteiger charge is 2.19. The molecule has 0 unspecified atom stereocenters. The Bertz CT molecular complexity index is 1170. The van der Waals surface area contributed by atoms with Crippen LogP contribution < -0.4 is 5.32 Å². The predicted molar refractivity (Wildman–Crippen MR) is 117 cm³/mol. The maximum absolute atomic E-state index is 13.3. The summed E-state index contributed by atoms with van der Waals surface area (Å²) >= 11 is 0. The van der Waals surface area contributed by atoms with Crippen LogP contribution in [0.5, 0.6) is 0 Å². The fraction of sp³-hybridized carbons (Fsp3) is 0.167. The standard InChI is InChI=1S/C24H22FN5O/c1-16(2)18-7-5-17(6-8-18)14-27-24-28-22(20-4-3-13-26-15-20)29-30(24)23(31)19-9-11-21(25)12-10-19/h3-13,15-16H,14H2,1-2H3,(H,27,28,29). The summed E-state index contributed by atoms with van der Waals surface area (Å²) in [6, 6.07) is 17.2. The molecule has 4 rings (SSSR count).